The predicted molar refractivity (Wildman–Crippen MR) is 142 cm³/mol. The Morgan fingerprint density at radius 1 is 1.08 bits per heavy atom. The number of halogens is 2. The van der Waals surface area contributed by atoms with E-state index in [1.54, 1.807) is 17.5 Å². The van der Waals surface area contributed by atoms with E-state index in [0.29, 0.717) is 21.7 Å². The minimum Gasteiger partial charge on any atom is -0.478 e. The number of anilines is 1. The van der Waals surface area contributed by atoms with Crippen molar-refractivity contribution in [3.05, 3.63) is 80.9 Å². The van der Waals surface area contributed by atoms with Crippen molar-refractivity contribution in [2.45, 2.75) is 12.5 Å². The molecule has 0 saturated carbocycles. The van der Waals surface area contributed by atoms with Crippen molar-refractivity contribution in [3.63, 3.8) is 0 Å². The van der Waals surface area contributed by atoms with E-state index in [4.69, 9.17) is 17.3 Å². The lowest BCUT2D eigenvalue weighted by atomic mass is 10.1. The number of amides is 2. The summed E-state index contributed by atoms with van der Waals surface area (Å²) in [6.07, 6.45) is 1.53. The van der Waals surface area contributed by atoms with E-state index in [9.17, 15) is 28.3 Å². The second-order valence-corrected chi connectivity index (χ2v) is 10.4. The van der Waals surface area contributed by atoms with Crippen molar-refractivity contribution < 1.29 is 33.4 Å². The largest absolute Gasteiger partial charge is 0.478 e. The zero-order valence-corrected chi connectivity index (χ0v) is 21.3. The van der Waals surface area contributed by atoms with Crippen LogP contribution in [0.1, 0.15) is 21.7 Å². The maximum absolute atomic E-state index is 13.6. The van der Waals surface area contributed by atoms with Gasteiger partial charge >= 0.3 is 5.97 Å². The fourth-order valence-electron chi connectivity index (χ4n) is 3.55. The van der Waals surface area contributed by atoms with Gasteiger partial charge in [0.2, 0.25) is 5.91 Å². The van der Waals surface area contributed by atoms with Crippen LogP contribution in [0.2, 0.25) is 0 Å². The number of hydrogen-bond acceptors (Lipinski definition) is 7. The molecule has 1 fully saturated rings. The minimum absolute atomic E-state index is 0.0493. The first-order valence-corrected chi connectivity index (χ1v) is 12.8. The number of carboxylic acids is 1. The number of carbonyl (C=O) groups is 3. The van der Waals surface area contributed by atoms with Crippen LogP contribution in [-0.2, 0) is 9.59 Å². The maximum atomic E-state index is 13.6. The molecule has 1 aliphatic heterocycles. The monoisotopic (exact) mass is 560 g/mol. The highest BCUT2D eigenvalue weighted by atomic mass is 32.2. The normalized spacial score (nSPS) is 15.3. The Morgan fingerprint density at radius 3 is 2.46 bits per heavy atom. The Morgan fingerprint density at radius 2 is 1.81 bits per heavy atom. The van der Waals surface area contributed by atoms with Gasteiger partial charge in [-0.2, -0.15) is 0 Å². The molecule has 12 heteroatoms. The molecule has 3 aromatic rings. The molecule has 190 valence electrons. The van der Waals surface area contributed by atoms with Crippen LogP contribution < -0.4 is 5.32 Å². The summed E-state index contributed by atoms with van der Waals surface area (Å²) in [5.41, 5.74) is 1.51. The summed E-state index contributed by atoms with van der Waals surface area (Å²) in [5.74, 6) is -4.11. The average molecular weight is 561 g/mol. The molecule has 2 heterocycles. The Hall–Kier alpha value is -3.45. The van der Waals surface area contributed by atoms with Gasteiger partial charge in [-0.05, 0) is 65.0 Å². The molecule has 0 radical (unpaired) electrons. The number of thiophene rings is 1. The Bertz CT molecular complexity index is 1420. The Balaban J connectivity index is 1.52. The summed E-state index contributed by atoms with van der Waals surface area (Å²) in [4.78, 5) is 39.3. The van der Waals surface area contributed by atoms with E-state index in [1.165, 1.54) is 41.7 Å². The molecule has 1 aliphatic rings. The number of aliphatic hydroxyl groups excluding tert-OH is 1. The number of hydrogen-bond donors (Lipinski definition) is 3. The second kappa shape index (κ2) is 11.3. The molecule has 1 aromatic heterocycles. The first-order valence-electron chi connectivity index (χ1n) is 10.7. The standard InChI is InChI=1S/C25H18F2N2O5S3/c26-18-6-3-14(10-19(18)27)15-9-17(36-12-15)11-21-23(32)29(25(35)37-21)20(7-8-30)22(31)28-16-4-1-13(2-5-16)24(33)34/h1-6,9-12,20,30H,7-8H2,(H,28,31)(H,33,34)/b21-11-/t20-/m0/s1. The van der Waals surface area contributed by atoms with Crippen molar-refractivity contribution in [1.82, 2.24) is 4.90 Å². The average Bonchev–Trinajstić information content (AvgIpc) is 3.44. The second-order valence-electron chi connectivity index (χ2n) is 7.82. The third-order valence-corrected chi connectivity index (χ3v) is 7.60. The number of nitrogens with one attached hydrogen (secondary N) is 1. The molecular formula is C25H18F2N2O5S3. The number of thioether (sulfide) groups is 1. The van der Waals surface area contributed by atoms with Crippen LogP contribution in [0.3, 0.4) is 0 Å². The molecule has 2 aromatic carbocycles. The van der Waals surface area contributed by atoms with Gasteiger partial charge in [0.25, 0.3) is 5.91 Å². The maximum Gasteiger partial charge on any atom is 0.335 e. The fourth-order valence-corrected chi connectivity index (χ4v) is 5.83. The van der Waals surface area contributed by atoms with Gasteiger partial charge in [-0.25, -0.2) is 13.6 Å². The SMILES string of the molecule is O=C(O)c1ccc(NC(=O)[C@H](CCO)N2C(=O)/C(=C/c3cc(-c4ccc(F)c(F)c4)cs3)SC2=S)cc1. The number of nitrogens with zero attached hydrogens (tertiary/aromatic N) is 1. The topological polar surface area (TPSA) is 107 Å². The highest BCUT2D eigenvalue weighted by Crippen LogP contribution is 2.37. The quantitative estimate of drug-likeness (QED) is 0.264. The van der Waals surface area contributed by atoms with E-state index in [2.05, 4.69) is 5.32 Å². The number of carbonyl (C=O) groups excluding carboxylic acids is 2. The highest BCUT2D eigenvalue weighted by molar-refractivity contribution is 8.26. The number of thiocarbonyl (C=S) groups is 1. The van der Waals surface area contributed by atoms with Gasteiger partial charge in [0.05, 0.1) is 10.5 Å². The molecule has 37 heavy (non-hydrogen) atoms. The van der Waals surface area contributed by atoms with Crippen LogP contribution in [0.5, 0.6) is 0 Å². The lowest BCUT2D eigenvalue weighted by Crippen LogP contribution is -2.46. The third-order valence-electron chi connectivity index (χ3n) is 5.39. The summed E-state index contributed by atoms with van der Waals surface area (Å²) in [7, 11) is 0. The third kappa shape index (κ3) is 5.93. The molecule has 0 bridgehead atoms. The summed E-state index contributed by atoms with van der Waals surface area (Å²) < 4.78 is 27.0. The zero-order valence-electron chi connectivity index (χ0n) is 18.8. The molecule has 7 nitrogen and oxygen atoms in total. The van der Waals surface area contributed by atoms with Gasteiger partial charge < -0.3 is 15.5 Å². The van der Waals surface area contributed by atoms with Crippen molar-refractivity contribution in [1.29, 1.82) is 0 Å². The number of aliphatic hydroxyl groups is 1. The fraction of sp³-hybridized carbons (Fsp3) is 0.120. The predicted octanol–water partition coefficient (Wildman–Crippen LogP) is 4.98. The Labute approximate surface area is 223 Å². The summed E-state index contributed by atoms with van der Waals surface area (Å²) in [5, 5.41) is 22.9. The number of aromatic carboxylic acids is 1. The molecule has 1 atom stereocenters. The van der Waals surface area contributed by atoms with E-state index >= 15 is 0 Å². The van der Waals surface area contributed by atoms with Crippen LogP contribution >= 0.6 is 35.3 Å². The summed E-state index contributed by atoms with van der Waals surface area (Å²) in [6.45, 7) is -0.380. The van der Waals surface area contributed by atoms with Crippen LogP contribution in [0.15, 0.2) is 58.8 Å². The Kier molecular flexibility index (Phi) is 8.13. The van der Waals surface area contributed by atoms with Gasteiger partial charge in [0.1, 0.15) is 10.4 Å². The van der Waals surface area contributed by atoms with Gasteiger partial charge in [0, 0.05) is 23.6 Å². The van der Waals surface area contributed by atoms with Crippen molar-refractivity contribution in [2.75, 3.05) is 11.9 Å². The van der Waals surface area contributed by atoms with Gasteiger partial charge in [-0.1, -0.05) is 30.0 Å². The number of rotatable bonds is 8. The smallest absolute Gasteiger partial charge is 0.335 e. The molecule has 2 amide bonds. The van der Waals surface area contributed by atoms with Gasteiger partial charge in [-0.3, -0.25) is 14.5 Å². The molecule has 0 spiro atoms. The lowest BCUT2D eigenvalue weighted by Gasteiger charge is -2.25. The van der Waals surface area contributed by atoms with Crippen molar-refractivity contribution in [3.8, 4) is 11.1 Å². The number of benzene rings is 2. The van der Waals surface area contributed by atoms with Crippen LogP contribution in [-0.4, -0.2) is 49.9 Å². The van der Waals surface area contributed by atoms with E-state index < -0.39 is 35.5 Å². The van der Waals surface area contributed by atoms with Crippen LogP contribution in [0, 0.1) is 11.6 Å². The lowest BCUT2D eigenvalue weighted by molar-refractivity contribution is -0.130. The van der Waals surface area contributed by atoms with Crippen molar-refractivity contribution in [2.24, 2.45) is 0 Å². The number of carboxylic acid groups (broad SMARTS) is 1. The highest BCUT2D eigenvalue weighted by Gasteiger charge is 2.40. The van der Waals surface area contributed by atoms with Gasteiger partial charge in [-0.15, -0.1) is 11.3 Å². The van der Waals surface area contributed by atoms with Crippen LogP contribution in [0.4, 0.5) is 14.5 Å². The molecular weight excluding hydrogens is 542 g/mol. The minimum atomic E-state index is -1.11. The first kappa shape index (κ1) is 26.6. The molecule has 3 N–H and O–H groups in total. The molecule has 1 saturated heterocycles. The molecule has 0 aliphatic carbocycles. The van der Waals surface area contributed by atoms with E-state index in [1.807, 2.05) is 0 Å². The molecule has 0 unspecified atom stereocenters. The van der Waals surface area contributed by atoms with E-state index in [0.717, 1.165) is 28.8 Å². The summed E-state index contributed by atoms with van der Waals surface area (Å²) >= 11 is 7.67. The van der Waals surface area contributed by atoms with Crippen molar-refractivity contribution >= 4 is 69.2 Å². The van der Waals surface area contributed by atoms with Crippen LogP contribution in [0.25, 0.3) is 17.2 Å². The first-order chi connectivity index (χ1) is 17.7. The van der Waals surface area contributed by atoms with E-state index in [-0.39, 0.29) is 27.8 Å². The van der Waals surface area contributed by atoms with Gasteiger partial charge in [0.15, 0.2) is 11.6 Å². The molecule has 4 rings (SSSR count). The zero-order chi connectivity index (χ0) is 26.7. The summed E-state index contributed by atoms with van der Waals surface area (Å²) in [6, 6.07) is 9.72.